The first-order chi connectivity index (χ1) is 6.90. The van der Waals surface area contributed by atoms with E-state index in [2.05, 4.69) is 18.2 Å². The molecule has 0 nitrogen and oxygen atoms in total. The number of allylic oxidation sites excluding steroid dienone is 1. The third-order valence-electron chi connectivity index (χ3n) is 2.52. The second-order valence-corrected chi connectivity index (χ2v) is 4.08. The molecule has 94 valence electrons. The number of hydrogen-bond acceptors (Lipinski definition) is 0. The number of hydrogen-bond donors (Lipinski definition) is 0. The van der Waals surface area contributed by atoms with Gasteiger partial charge in [-0.25, -0.2) is 13.2 Å². The molecule has 0 saturated heterocycles. The van der Waals surface area contributed by atoms with Crippen molar-refractivity contribution in [1.29, 1.82) is 0 Å². The zero-order valence-electron chi connectivity index (χ0n) is 7.59. The first kappa shape index (κ1) is 13.6. The summed E-state index contributed by atoms with van der Waals surface area (Å²) in [6.45, 7) is 2.44. The van der Waals surface area contributed by atoms with Crippen LogP contribution in [0.2, 0.25) is 0 Å². The molecule has 2 atom stereocenters. The molecule has 0 N–H and O–H groups in total. The van der Waals surface area contributed by atoms with Crippen molar-refractivity contribution in [3.05, 3.63) is 12.7 Å². The first-order valence-corrected chi connectivity index (χ1v) is 4.43. The molecule has 1 saturated carbocycles. The zero-order chi connectivity index (χ0) is 13.0. The number of halogens is 8. The normalized spacial score (nSPS) is 34.4. The van der Waals surface area contributed by atoms with Gasteiger partial charge >= 0.3 is 11.8 Å². The minimum Gasteiger partial charge on any atom is -0.219 e. The molecule has 0 aliphatic heterocycles. The Kier molecular flexibility index (Phi) is 2.78. The van der Waals surface area contributed by atoms with Crippen LogP contribution in [-0.2, 0) is 0 Å². The van der Waals surface area contributed by atoms with Crippen molar-refractivity contribution in [2.45, 2.75) is 29.3 Å². The van der Waals surface area contributed by atoms with E-state index in [0.717, 1.165) is 0 Å². The first-order valence-electron chi connectivity index (χ1n) is 4.05. The zero-order valence-corrected chi connectivity index (χ0v) is 8.35. The number of rotatable bonds is 3. The highest BCUT2D eigenvalue weighted by Crippen LogP contribution is 2.64. The van der Waals surface area contributed by atoms with Crippen LogP contribution in [0.5, 0.6) is 0 Å². The molecule has 1 rings (SSSR count). The lowest BCUT2D eigenvalue weighted by Gasteiger charge is -2.49. The SMILES string of the molecule is C=CC(F)(F)C(F)(F)[C@H]1CC(F)(F)[C@@]1(F)Cl. The van der Waals surface area contributed by atoms with Crippen LogP contribution in [-0.4, -0.2) is 22.9 Å². The van der Waals surface area contributed by atoms with Gasteiger partial charge in [0, 0.05) is 6.42 Å². The summed E-state index contributed by atoms with van der Waals surface area (Å²) in [4.78, 5) is 0. The van der Waals surface area contributed by atoms with Gasteiger partial charge in [-0.3, -0.25) is 0 Å². The summed E-state index contributed by atoms with van der Waals surface area (Å²) < 4.78 is 89.3. The molecule has 1 aliphatic carbocycles. The van der Waals surface area contributed by atoms with Crippen LogP contribution in [0.1, 0.15) is 6.42 Å². The van der Waals surface area contributed by atoms with E-state index in [1.54, 1.807) is 0 Å². The van der Waals surface area contributed by atoms with Crippen molar-refractivity contribution in [1.82, 2.24) is 0 Å². The van der Waals surface area contributed by atoms with Crippen LogP contribution in [0.4, 0.5) is 30.7 Å². The monoisotopic (exact) mass is 270 g/mol. The van der Waals surface area contributed by atoms with Gasteiger partial charge in [-0.2, -0.15) is 17.6 Å². The lowest BCUT2D eigenvalue weighted by atomic mass is 9.72. The summed E-state index contributed by atoms with van der Waals surface area (Å²) >= 11 is 4.55. The van der Waals surface area contributed by atoms with E-state index in [1.165, 1.54) is 0 Å². The van der Waals surface area contributed by atoms with Gasteiger partial charge in [0.15, 0.2) is 0 Å². The fourth-order valence-corrected chi connectivity index (χ4v) is 1.66. The Bertz CT molecular complexity index is 310. The molecule has 0 aromatic carbocycles. The Morgan fingerprint density at radius 1 is 1.19 bits per heavy atom. The summed E-state index contributed by atoms with van der Waals surface area (Å²) in [6, 6.07) is 0. The molecule has 0 aromatic rings. The van der Waals surface area contributed by atoms with Crippen LogP contribution in [0.15, 0.2) is 12.7 Å². The predicted molar refractivity (Wildman–Crippen MR) is 42.8 cm³/mol. The Morgan fingerprint density at radius 3 is 1.88 bits per heavy atom. The topological polar surface area (TPSA) is 0 Å². The fraction of sp³-hybridized carbons (Fsp3) is 0.750. The maximum atomic E-state index is 13.0. The Hall–Kier alpha value is -0.460. The smallest absolute Gasteiger partial charge is 0.219 e. The maximum absolute atomic E-state index is 13.0. The lowest BCUT2D eigenvalue weighted by molar-refractivity contribution is -0.309. The van der Waals surface area contributed by atoms with Gasteiger partial charge in [-0.1, -0.05) is 18.2 Å². The van der Waals surface area contributed by atoms with Crippen LogP contribution >= 0.6 is 11.6 Å². The molecule has 0 amide bonds. The average Bonchev–Trinajstić information content (AvgIpc) is 2.13. The largest absolute Gasteiger partial charge is 0.328 e. The standard InChI is InChI=1S/C8H6ClF7/c1-2-5(10,11)8(15,16)4-3-6(12,13)7(4,9)14/h2,4H,1,3H2/t4-,7+/m0/s1. The van der Waals surface area contributed by atoms with Crippen molar-refractivity contribution in [2.24, 2.45) is 5.92 Å². The van der Waals surface area contributed by atoms with E-state index in [0.29, 0.717) is 0 Å². The molecule has 1 fully saturated rings. The molecule has 8 heteroatoms. The lowest BCUT2D eigenvalue weighted by Crippen LogP contribution is -2.67. The van der Waals surface area contributed by atoms with E-state index in [9.17, 15) is 30.7 Å². The van der Waals surface area contributed by atoms with Crippen LogP contribution in [0.25, 0.3) is 0 Å². The molecular formula is C8H6ClF7. The molecule has 0 spiro atoms. The third-order valence-corrected chi connectivity index (χ3v) is 3.06. The van der Waals surface area contributed by atoms with Gasteiger partial charge in [0.05, 0.1) is 5.92 Å². The number of alkyl halides is 8. The second kappa shape index (κ2) is 3.27. The van der Waals surface area contributed by atoms with E-state index >= 15 is 0 Å². The minimum absolute atomic E-state index is 0.420. The molecule has 1 aliphatic rings. The van der Waals surface area contributed by atoms with Crippen molar-refractivity contribution < 1.29 is 30.7 Å². The summed E-state index contributed by atoms with van der Waals surface area (Å²) in [6.07, 6.45) is -2.15. The summed E-state index contributed by atoms with van der Waals surface area (Å²) in [5, 5.41) is -4.16. The van der Waals surface area contributed by atoms with Gasteiger partial charge in [-0.05, 0) is 6.08 Å². The molecule has 0 aromatic heterocycles. The molecule has 16 heavy (non-hydrogen) atoms. The second-order valence-electron chi connectivity index (χ2n) is 3.53. The molecular weight excluding hydrogens is 265 g/mol. The van der Waals surface area contributed by atoms with Crippen molar-refractivity contribution in [3.63, 3.8) is 0 Å². The van der Waals surface area contributed by atoms with Crippen molar-refractivity contribution >= 4 is 11.6 Å². The Labute approximate surface area is 91.1 Å². The molecule has 0 heterocycles. The molecule has 0 radical (unpaired) electrons. The Balaban J connectivity index is 3.02. The van der Waals surface area contributed by atoms with E-state index in [4.69, 9.17) is 0 Å². The summed E-state index contributed by atoms with van der Waals surface area (Å²) in [5.41, 5.74) is 0. The predicted octanol–water partition coefficient (Wildman–Crippen LogP) is 4.00. The summed E-state index contributed by atoms with van der Waals surface area (Å²) in [7, 11) is 0. The summed E-state index contributed by atoms with van der Waals surface area (Å²) in [5.74, 6) is -17.0. The third kappa shape index (κ3) is 1.51. The van der Waals surface area contributed by atoms with Crippen molar-refractivity contribution in [3.8, 4) is 0 Å². The van der Waals surface area contributed by atoms with E-state index < -0.39 is 41.3 Å². The van der Waals surface area contributed by atoms with Gasteiger partial charge in [0.1, 0.15) is 0 Å². The van der Waals surface area contributed by atoms with Gasteiger partial charge < -0.3 is 0 Å². The average molecular weight is 271 g/mol. The van der Waals surface area contributed by atoms with Crippen LogP contribution in [0, 0.1) is 5.92 Å². The van der Waals surface area contributed by atoms with Crippen LogP contribution in [0.3, 0.4) is 0 Å². The van der Waals surface area contributed by atoms with Gasteiger partial charge in [-0.15, -0.1) is 0 Å². The molecule has 0 unspecified atom stereocenters. The van der Waals surface area contributed by atoms with E-state index in [-0.39, 0.29) is 0 Å². The highest BCUT2D eigenvalue weighted by molar-refractivity contribution is 6.24. The van der Waals surface area contributed by atoms with Gasteiger partial charge in [0.2, 0.25) is 0 Å². The van der Waals surface area contributed by atoms with E-state index in [1.807, 2.05) is 0 Å². The Morgan fingerprint density at radius 2 is 1.62 bits per heavy atom. The van der Waals surface area contributed by atoms with Gasteiger partial charge in [0.25, 0.3) is 11.1 Å². The quantitative estimate of drug-likeness (QED) is 0.413. The highest BCUT2D eigenvalue weighted by Gasteiger charge is 2.80. The highest BCUT2D eigenvalue weighted by atomic mass is 35.5. The maximum Gasteiger partial charge on any atom is 0.328 e. The molecule has 0 bridgehead atoms. The van der Waals surface area contributed by atoms with Crippen molar-refractivity contribution in [2.75, 3.05) is 0 Å². The fourth-order valence-electron chi connectivity index (χ4n) is 1.37. The van der Waals surface area contributed by atoms with Crippen LogP contribution < -0.4 is 0 Å². The minimum atomic E-state index is -5.01.